The van der Waals surface area contributed by atoms with Crippen molar-refractivity contribution in [1.82, 2.24) is 14.8 Å². The molecule has 0 fully saturated rings. The number of para-hydroxylation sites is 1. The molecule has 0 bridgehead atoms. The molecule has 1 amide bonds. The highest BCUT2D eigenvalue weighted by Crippen LogP contribution is 2.30. The monoisotopic (exact) mass is 373 g/mol. The normalized spacial score (nSPS) is 12.7. The second-order valence-corrected chi connectivity index (χ2v) is 6.58. The Bertz CT molecular complexity index is 843. The van der Waals surface area contributed by atoms with Crippen LogP contribution in [0, 0.1) is 0 Å². The highest BCUT2D eigenvalue weighted by atomic mass is 35.5. The first-order valence-corrected chi connectivity index (χ1v) is 9.24. The third kappa shape index (κ3) is 3.37. The van der Waals surface area contributed by atoms with Gasteiger partial charge in [0.05, 0.1) is 17.3 Å². The average molecular weight is 374 g/mol. The first-order chi connectivity index (χ1) is 12.6. The molecule has 26 heavy (non-hydrogen) atoms. The zero-order valence-electron chi connectivity index (χ0n) is 15.3. The Morgan fingerprint density at radius 1 is 1.23 bits per heavy atom. The fourth-order valence-corrected chi connectivity index (χ4v) is 3.80. The van der Waals surface area contributed by atoms with Crippen molar-refractivity contribution >= 4 is 28.4 Å². The van der Waals surface area contributed by atoms with Crippen molar-refractivity contribution in [3.05, 3.63) is 59.1 Å². The van der Waals surface area contributed by atoms with Crippen molar-refractivity contribution in [3.8, 4) is 0 Å². The number of amides is 1. The van der Waals surface area contributed by atoms with Crippen LogP contribution in [0.25, 0.3) is 10.9 Å². The third-order valence-corrected chi connectivity index (χ3v) is 5.22. The number of hydrogen-bond acceptors (Lipinski definition) is 3. The van der Waals surface area contributed by atoms with Crippen molar-refractivity contribution in [2.75, 3.05) is 19.6 Å². The van der Waals surface area contributed by atoms with Gasteiger partial charge in [-0.05, 0) is 31.3 Å². The zero-order chi connectivity index (χ0) is 18.7. The minimum atomic E-state index is -0.183. The molecule has 2 heterocycles. The maximum atomic E-state index is 12.9. The molecule has 0 radical (unpaired) electrons. The first-order valence-electron chi connectivity index (χ1n) is 8.87. The summed E-state index contributed by atoms with van der Waals surface area (Å²) >= 11 is 6.48. The zero-order valence-corrected chi connectivity index (χ0v) is 16.1. The number of halogens is 1. The van der Waals surface area contributed by atoms with Crippen molar-refractivity contribution < 1.29 is 9.21 Å². The molecule has 3 aromatic rings. The molecule has 6 heteroatoms. The van der Waals surface area contributed by atoms with Gasteiger partial charge < -0.3 is 14.3 Å². The highest BCUT2D eigenvalue weighted by Gasteiger charge is 2.24. The van der Waals surface area contributed by atoms with E-state index in [0.29, 0.717) is 17.3 Å². The Labute approximate surface area is 158 Å². The number of benzene rings is 1. The first kappa shape index (κ1) is 18.5. The Hall–Kier alpha value is -2.24. The molecule has 0 saturated carbocycles. The van der Waals surface area contributed by atoms with Gasteiger partial charge in [-0.25, -0.2) is 0 Å². The average Bonchev–Trinajstić information content (AvgIpc) is 3.26. The lowest BCUT2D eigenvalue weighted by molar-refractivity contribution is 0.0922. The number of aromatic nitrogens is 1. The second kappa shape index (κ2) is 7.98. The second-order valence-electron chi connectivity index (χ2n) is 6.20. The van der Waals surface area contributed by atoms with E-state index in [0.717, 1.165) is 29.8 Å². The number of nitrogens with zero attached hydrogens (tertiary/aromatic N) is 2. The van der Waals surface area contributed by atoms with Crippen LogP contribution < -0.4 is 5.32 Å². The SMILES string of the molecule is CCN(CC)C(CNC(=O)c1c(Cl)c2ccccc2n1C)c1ccco1. The van der Waals surface area contributed by atoms with Gasteiger partial charge in [-0.1, -0.05) is 43.6 Å². The Balaban J connectivity index is 1.83. The third-order valence-electron chi connectivity index (χ3n) is 4.84. The van der Waals surface area contributed by atoms with Crippen LogP contribution in [-0.2, 0) is 7.05 Å². The minimum absolute atomic E-state index is 0.0163. The van der Waals surface area contributed by atoms with E-state index in [9.17, 15) is 4.79 Å². The van der Waals surface area contributed by atoms with Gasteiger partial charge in [0.15, 0.2) is 0 Å². The summed E-state index contributed by atoms with van der Waals surface area (Å²) < 4.78 is 7.43. The van der Waals surface area contributed by atoms with Gasteiger partial charge in [0, 0.05) is 24.5 Å². The molecular weight excluding hydrogens is 350 g/mol. The number of hydrogen-bond donors (Lipinski definition) is 1. The molecule has 0 saturated heterocycles. The topological polar surface area (TPSA) is 50.4 Å². The van der Waals surface area contributed by atoms with Crippen LogP contribution in [0.3, 0.4) is 0 Å². The van der Waals surface area contributed by atoms with Gasteiger partial charge in [-0.15, -0.1) is 0 Å². The molecule has 0 aliphatic carbocycles. The number of rotatable bonds is 7. The Kier molecular flexibility index (Phi) is 5.69. The molecule has 1 atom stereocenters. The highest BCUT2D eigenvalue weighted by molar-refractivity contribution is 6.38. The number of carbonyl (C=O) groups excluding carboxylic acids is 1. The molecule has 0 aliphatic heterocycles. The van der Waals surface area contributed by atoms with Crippen LogP contribution in [0.5, 0.6) is 0 Å². The van der Waals surface area contributed by atoms with Crippen LogP contribution in [-0.4, -0.2) is 35.0 Å². The molecular formula is C20H24ClN3O2. The van der Waals surface area contributed by atoms with E-state index in [4.69, 9.17) is 16.0 Å². The lowest BCUT2D eigenvalue weighted by atomic mass is 10.1. The summed E-state index contributed by atoms with van der Waals surface area (Å²) in [5.41, 5.74) is 1.42. The summed E-state index contributed by atoms with van der Waals surface area (Å²) in [5, 5.41) is 4.40. The summed E-state index contributed by atoms with van der Waals surface area (Å²) in [5.74, 6) is 0.662. The number of likely N-dealkylation sites (N-methyl/N-ethyl adjacent to an activating group) is 1. The van der Waals surface area contributed by atoms with Gasteiger partial charge in [-0.2, -0.15) is 0 Å². The fourth-order valence-electron chi connectivity index (χ4n) is 3.43. The van der Waals surface area contributed by atoms with Gasteiger partial charge >= 0.3 is 0 Å². The van der Waals surface area contributed by atoms with E-state index >= 15 is 0 Å². The molecule has 0 aliphatic rings. The number of aryl methyl sites for hydroxylation is 1. The van der Waals surface area contributed by atoms with Crippen molar-refractivity contribution in [2.45, 2.75) is 19.9 Å². The molecule has 138 valence electrons. The molecule has 0 spiro atoms. The molecule has 1 unspecified atom stereocenters. The maximum absolute atomic E-state index is 12.9. The largest absolute Gasteiger partial charge is 0.468 e. The standard InChI is InChI=1S/C20H24ClN3O2/c1-4-24(5-2)16(17-11-8-12-26-17)13-22-20(25)19-18(21)14-9-6-7-10-15(14)23(19)3/h6-12,16H,4-5,13H2,1-3H3,(H,22,25). The quantitative estimate of drug-likeness (QED) is 0.674. The summed E-state index contributed by atoms with van der Waals surface area (Å²) in [6.07, 6.45) is 1.66. The number of nitrogens with one attached hydrogen (secondary N) is 1. The van der Waals surface area contributed by atoms with Crippen molar-refractivity contribution in [1.29, 1.82) is 0 Å². The summed E-state index contributed by atoms with van der Waals surface area (Å²) in [4.78, 5) is 15.1. The minimum Gasteiger partial charge on any atom is -0.468 e. The summed E-state index contributed by atoms with van der Waals surface area (Å²) in [6.45, 7) is 6.38. The van der Waals surface area contributed by atoms with Crippen LogP contribution in [0.2, 0.25) is 5.02 Å². The maximum Gasteiger partial charge on any atom is 0.269 e. The van der Waals surface area contributed by atoms with Crippen LogP contribution in [0.1, 0.15) is 36.1 Å². The molecule has 3 rings (SSSR count). The van der Waals surface area contributed by atoms with E-state index < -0.39 is 0 Å². The molecule has 1 N–H and O–H groups in total. The number of carbonyl (C=O) groups is 1. The summed E-state index contributed by atoms with van der Waals surface area (Å²) in [7, 11) is 1.86. The van der Waals surface area contributed by atoms with Crippen LogP contribution >= 0.6 is 11.6 Å². The number of fused-ring (bicyclic) bond motifs is 1. The lowest BCUT2D eigenvalue weighted by Crippen LogP contribution is -2.38. The van der Waals surface area contributed by atoms with E-state index in [1.54, 1.807) is 6.26 Å². The van der Waals surface area contributed by atoms with E-state index in [2.05, 4.69) is 24.1 Å². The molecule has 1 aromatic carbocycles. The predicted molar refractivity (Wildman–Crippen MR) is 105 cm³/mol. The fraction of sp³-hybridized carbons (Fsp3) is 0.350. The van der Waals surface area contributed by atoms with Gasteiger partial charge in [0.25, 0.3) is 5.91 Å². The van der Waals surface area contributed by atoms with Gasteiger partial charge in [0.2, 0.25) is 0 Å². The van der Waals surface area contributed by atoms with Crippen molar-refractivity contribution in [3.63, 3.8) is 0 Å². The van der Waals surface area contributed by atoms with Gasteiger partial charge in [0.1, 0.15) is 11.5 Å². The number of furan rings is 1. The van der Waals surface area contributed by atoms with E-state index in [1.807, 2.05) is 48.0 Å². The van der Waals surface area contributed by atoms with Gasteiger partial charge in [-0.3, -0.25) is 9.69 Å². The smallest absolute Gasteiger partial charge is 0.269 e. The Morgan fingerprint density at radius 3 is 2.58 bits per heavy atom. The van der Waals surface area contributed by atoms with Crippen LogP contribution in [0.4, 0.5) is 0 Å². The summed E-state index contributed by atoms with van der Waals surface area (Å²) in [6, 6.07) is 11.5. The van der Waals surface area contributed by atoms with E-state index in [-0.39, 0.29) is 11.9 Å². The predicted octanol–water partition coefficient (Wildman–Crippen LogP) is 4.24. The van der Waals surface area contributed by atoms with Crippen LogP contribution in [0.15, 0.2) is 47.1 Å². The Morgan fingerprint density at radius 2 is 1.96 bits per heavy atom. The molecule has 2 aromatic heterocycles. The molecule has 5 nitrogen and oxygen atoms in total. The lowest BCUT2D eigenvalue weighted by Gasteiger charge is -2.28. The van der Waals surface area contributed by atoms with Crippen molar-refractivity contribution in [2.24, 2.45) is 7.05 Å². The van der Waals surface area contributed by atoms with E-state index in [1.165, 1.54) is 0 Å².